The van der Waals surface area contributed by atoms with Crippen LogP contribution in [0.25, 0.3) is 82.5 Å². The minimum atomic E-state index is 0.903. The van der Waals surface area contributed by atoms with Crippen LogP contribution in [0.4, 0.5) is 17.1 Å². The maximum Gasteiger partial charge on any atom is 0.143 e. The molecule has 11 aromatic rings. The van der Waals surface area contributed by atoms with E-state index in [0.29, 0.717) is 0 Å². The highest BCUT2D eigenvalue weighted by atomic mass is 16.3. The minimum absolute atomic E-state index is 0.903. The van der Waals surface area contributed by atoms with Crippen LogP contribution in [0.15, 0.2) is 211 Å². The van der Waals surface area contributed by atoms with E-state index in [-0.39, 0.29) is 0 Å². The third kappa shape index (κ3) is 5.13. The Kier molecular flexibility index (Phi) is 7.17. The van der Waals surface area contributed by atoms with Crippen molar-refractivity contribution in [3.05, 3.63) is 206 Å². The maximum absolute atomic E-state index is 6.61. The highest BCUT2D eigenvalue weighted by Gasteiger charge is 2.20. The summed E-state index contributed by atoms with van der Waals surface area (Å²) in [6.07, 6.45) is 0. The van der Waals surface area contributed by atoms with Crippen LogP contribution in [0.2, 0.25) is 0 Å². The van der Waals surface area contributed by atoms with E-state index in [1.165, 1.54) is 43.7 Å². The number of benzene rings is 9. The summed E-state index contributed by atoms with van der Waals surface area (Å²) in [5.74, 6) is 0. The Morgan fingerprint density at radius 2 is 0.927 bits per heavy atom. The second-order valence-electron chi connectivity index (χ2n) is 14.1. The number of hydrogen-bond donors (Lipinski definition) is 0. The molecule has 2 heterocycles. The van der Waals surface area contributed by atoms with Gasteiger partial charge in [0.05, 0.1) is 11.0 Å². The number of anilines is 3. The molecule has 0 amide bonds. The molecule has 0 atom stereocenters. The first-order valence-electron chi connectivity index (χ1n) is 18.8. The van der Waals surface area contributed by atoms with E-state index in [1.807, 2.05) is 6.07 Å². The molecular weight excluding hydrogens is 669 g/mol. The van der Waals surface area contributed by atoms with E-state index in [1.54, 1.807) is 0 Å². The standard InChI is InChI=1S/C52H34N2O/c1-3-13-35(14-4-1)36-23-27-40(28-24-36)53(42-31-32-49-46(34-42)44-19-9-11-21-48(44)54(49)39-16-5-2-6-17-39)41-29-25-37(26-30-41)51-43-18-8-7-15-38(43)33-47-45-20-10-12-22-50(45)55-52(47)51/h1-34H. The Hall–Kier alpha value is -7.36. The van der Waals surface area contributed by atoms with Crippen molar-refractivity contribution in [3.8, 4) is 27.9 Å². The van der Waals surface area contributed by atoms with Gasteiger partial charge in [-0.2, -0.15) is 0 Å². The quantitative estimate of drug-likeness (QED) is 0.172. The molecular formula is C52H34N2O. The summed E-state index contributed by atoms with van der Waals surface area (Å²) in [7, 11) is 0. The summed E-state index contributed by atoms with van der Waals surface area (Å²) in [6, 6.07) is 73.9. The monoisotopic (exact) mass is 702 g/mol. The first-order valence-corrected chi connectivity index (χ1v) is 18.8. The molecule has 0 saturated carbocycles. The van der Waals surface area contributed by atoms with Crippen LogP contribution in [0.5, 0.6) is 0 Å². The lowest BCUT2D eigenvalue weighted by Crippen LogP contribution is -2.10. The van der Waals surface area contributed by atoms with E-state index in [4.69, 9.17) is 4.42 Å². The lowest BCUT2D eigenvalue weighted by atomic mass is 9.95. The van der Waals surface area contributed by atoms with E-state index in [0.717, 1.165) is 55.8 Å². The van der Waals surface area contributed by atoms with Crippen LogP contribution in [0.3, 0.4) is 0 Å². The van der Waals surface area contributed by atoms with Crippen molar-refractivity contribution in [3.63, 3.8) is 0 Å². The number of rotatable bonds is 6. The van der Waals surface area contributed by atoms with Gasteiger partial charge in [-0.25, -0.2) is 0 Å². The minimum Gasteiger partial charge on any atom is -0.455 e. The zero-order chi connectivity index (χ0) is 36.3. The Morgan fingerprint density at radius 3 is 1.69 bits per heavy atom. The Balaban J connectivity index is 1.09. The average molecular weight is 703 g/mol. The maximum atomic E-state index is 6.61. The molecule has 0 aliphatic heterocycles. The van der Waals surface area contributed by atoms with Gasteiger partial charge in [0, 0.05) is 49.9 Å². The van der Waals surface area contributed by atoms with Crippen LogP contribution in [-0.4, -0.2) is 4.57 Å². The lowest BCUT2D eigenvalue weighted by Gasteiger charge is -2.26. The second kappa shape index (κ2) is 12.6. The van der Waals surface area contributed by atoms with Crippen molar-refractivity contribution >= 4 is 71.6 Å². The molecule has 0 bridgehead atoms. The Morgan fingerprint density at radius 1 is 0.364 bits per heavy atom. The summed E-state index contributed by atoms with van der Waals surface area (Å²) >= 11 is 0. The molecule has 0 aliphatic rings. The van der Waals surface area contributed by atoms with Gasteiger partial charge in [-0.3, -0.25) is 0 Å². The molecule has 0 fully saturated rings. The number of hydrogen-bond acceptors (Lipinski definition) is 2. The van der Waals surface area contributed by atoms with E-state index >= 15 is 0 Å². The number of furan rings is 1. The summed E-state index contributed by atoms with van der Waals surface area (Å²) in [6.45, 7) is 0. The topological polar surface area (TPSA) is 21.3 Å². The van der Waals surface area contributed by atoms with Crippen LogP contribution in [-0.2, 0) is 0 Å². The summed E-state index contributed by atoms with van der Waals surface area (Å²) < 4.78 is 8.97. The summed E-state index contributed by atoms with van der Waals surface area (Å²) in [5.41, 5.74) is 13.2. The fourth-order valence-corrected chi connectivity index (χ4v) is 8.42. The molecule has 0 spiro atoms. The molecule has 2 aromatic heterocycles. The molecule has 11 rings (SSSR count). The van der Waals surface area contributed by atoms with Crippen LogP contribution >= 0.6 is 0 Å². The molecule has 0 N–H and O–H groups in total. The van der Waals surface area contributed by atoms with Gasteiger partial charge in [0.15, 0.2) is 0 Å². The Labute approximate surface area is 318 Å². The number of para-hydroxylation sites is 3. The van der Waals surface area contributed by atoms with Gasteiger partial charge < -0.3 is 13.9 Å². The predicted octanol–water partition coefficient (Wildman–Crippen LogP) is 14.6. The molecule has 0 unspecified atom stereocenters. The highest BCUT2D eigenvalue weighted by molar-refractivity contribution is 6.18. The summed E-state index contributed by atoms with van der Waals surface area (Å²) in [5, 5.41) is 7.08. The zero-order valence-corrected chi connectivity index (χ0v) is 29.9. The molecule has 3 nitrogen and oxygen atoms in total. The van der Waals surface area contributed by atoms with Gasteiger partial charge >= 0.3 is 0 Å². The van der Waals surface area contributed by atoms with Gasteiger partial charge in [-0.05, 0) is 100 Å². The lowest BCUT2D eigenvalue weighted by molar-refractivity contribution is 0.670. The number of aromatic nitrogens is 1. The van der Waals surface area contributed by atoms with Crippen LogP contribution in [0.1, 0.15) is 0 Å². The molecule has 55 heavy (non-hydrogen) atoms. The smallest absolute Gasteiger partial charge is 0.143 e. The number of fused-ring (bicyclic) bond motifs is 7. The van der Waals surface area contributed by atoms with Crippen LogP contribution in [0, 0.1) is 0 Å². The second-order valence-corrected chi connectivity index (χ2v) is 14.1. The average Bonchev–Trinajstić information content (AvgIpc) is 3.79. The summed E-state index contributed by atoms with van der Waals surface area (Å²) in [4.78, 5) is 2.37. The van der Waals surface area contributed by atoms with E-state index in [2.05, 4.69) is 210 Å². The van der Waals surface area contributed by atoms with Gasteiger partial charge in [0.1, 0.15) is 11.2 Å². The Bertz CT molecular complexity index is 3180. The third-order valence-corrected chi connectivity index (χ3v) is 11.0. The highest BCUT2D eigenvalue weighted by Crippen LogP contribution is 2.44. The van der Waals surface area contributed by atoms with E-state index in [9.17, 15) is 0 Å². The normalized spacial score (nSPS) is 11.6. The van der Waals surface area contributed by atoms with Crippen LogP contribution < -0.4 is 4.90 Å². The third-order valence-electron chi connectivity index (χ3n) is 11.0. The van der Waals surface area contributed by atoms with Gasteiger partial charge in [-0.15, -0.1) is 0 Å². The van der Waals surface area contributed by atoms with Gasteiger partial charge in [0.2, 0.25) is 0 Å². The van der Waals surface area contributed by atoms with Crippen molar-refractivity contribution in [1.82, 2.24) is 4.57 Å². The first-order chi connectivity index (χ1) is 27.3. The van der Waals surface area contributed by atoms with Gasteiger partial charge in [-0.1, -0.05) is 133 Å². The fourth-order valence-electron chi connectivity index (χ4n) is 8.42. The molecule has 3 heteroatoms. The SMILES string of the molecule is c1ccc(-c2ccc(N(c3ccc(-c4c5ccccc5cc5c4oc4ccccc45)cc3)c3ccc4c(c3)c3ccccc3n4-c3ccccc3)cc2)cc1. The predicted molar refractivity (Wildman–Crippen MR) is 231 cm³/mol. The van der Waals surface area contributed by atoms with Gasteiger partial charge in [0.25, 0.3) is 0 Å². The van der Waals surface area contributed by atoms with Crippen molar-refractivity contribution in [1.29, 1.82) is 0 Å². The van der Waals surface area contributed by atoms with Crippen molar-refractivity contribution in [2.45, 2.75) is 0 Å². The molecule has 0 aliphatic carbocycles. The molecule has 258 valence electrons. The van der Waals surface area contributed by atoms with E-state index < -0.39 is 0 Å². The largest absolute Gasteiger partial charge is 0.455 e. The van der Waals surface area contributed by atoms with Crippen molar-refractivity contribution in [2.75, 3.05) is 4.90 Å². The number of nitrogens with zero attached hydrogens (tertiary/aromatic N) is 2. The zero-order valence-electron chi connectivity index (χ0n) is 29.9. The molecule has 0 radical (unpaired) electrons. The first kappa shape index (κ1) is 31.2. The molecule has 9 aromatic carbocycles. The van der Waals surface area contributed by atoms with Crippen molar-refractivity contribution < 1.29 is 4.42 Å². The molecule has 0 saturated heterocycles. The fraction of sp³-hybridized carbons (Fsp3) is 0. The van der Waals surface area contributed by atoms with Crippen molar-refractivity contribution in [2.24, 2.45) is 0 Å².